The first-order valence-corrected chi connectivity index (χ1v) is 11.0. The van der Waals surface area contributed by atoms with Gasteiger partial charge in [0.2, 0.25) is 11.8 Å². The lowest BCUT2D eigenvalue weighted by Gasteiger charge is -2.38. The van der Waals surface area contributed by atoms with Gasteiger partial charge in [0.15, 0.2) is 0 Å². The second-order valence-corrected chi connectivity index (χ2v) is 8.50. The van der Waals surface area contributed by atoms with Gasteiger partial charge in [-0.15, -0.1) is 11.8 Å². The molecule has 154 valence electrons. The number of aryl methyl sites for hydroxylation is 1. The van der Waals surface area contributed by atoms with Gasteiger partial charge in [-0.2, -0.15) is 0 Å². The minimum atomic E-state index is -0.509. The predicted octanol–water partition coefficient (Wildman–Crippen LogP) is 3.25. The number of nitrogens with one attached hydrogen (secondary N) is 1. The highest BCUT2D eigenvalue weighted by Crippen LogP contribution is 2.24. The van der Waals surface area contributed by atoms with Crippen molar-refractivity contribution >= 4 is 29.3 Å². The molecule has 0 aliphatic carbocycles. The number of hydrogen-bond donors (Lipinski definition) is 1. The van der Waals surface area contributed by atoms with Crippen LogP contribution in [0.1, 0.15) is 18.1 Å². The number of thioether (sulfide) groups is 1. The molecule has 1 unspecified atom stereocenters. The van der Waals surface area contributed by atoms with Gasteiger partial charge >= 0.3 is 0 Å². The molecular weight excluding hydrogens is 382 g/mol. The van der Waals surface area contributed by atoms with E-state index < -0.39 is 6.04 Å². The van der Waals surface area contributed by atoms with Crippen LogP contribution in [0.4, 0.5) is 5.69 Å². The highest BCUT2D eigenvalue weighted by molar-refractivity contribution is 7.99. The Kier molecular flexibility index (Phi) is 7.20. The van der Waals surface area contributed by atoms with Crippen molar-refractivity contribution in [1.82, 2.24) is 10.2 Å². The van der Waals surface area contributed by atoms with Crippen molar-refractivity contribution in [2.45, 2.75) is 31.7 Å². The van der Waals surface area contributed by atoms with Crippen LogP contribution in [0.3, 0.4) is 0 Å². The summed E-state index contributed by atoms with van der Waals surface area (Å²) in [7, 11) is 0. The molecule has 1 heterocycles. The Morgan fingerprint density at radius 1 is 1.00 bits per heavy atom. The van der Waals surface area contributed by atoms with Gasteiger partial charge in [-0.05, 0) is 43.2 Å². The van der Waals surface area contributed by atoms with E-state index in [0.717, 1.165) is 18.0 Å². The van der Waals surface area contributed by atoms with Crippen LogP contribution in [0, 0.1) is 13.8 Å². The third-order valence-corrected chi connectivity index (χ3v) is 6.45. The summed E-state index contributed by atoms with van der Waals surface area (Å²) in [6.07, 6.45) is 0. The van der Waals surface area contributed by atoms with E-state index in [-0.39, 0.29) is 11.8 Å². The predicted molar refractivity (Wildman–Crippen MR) is 119 cm³/mol. The van der Waals surface area contributed by atoms with E-state index in [2.05, 4.69) is 42.3 Å². The lowest BCUT2D eigenvalue weighted by molar-refractivity contribution is -0.135. The molecule has 6 heteroatoms. The fourth-order valence-electron chi connectivity index (χ4n) is 3.58. The molecule has 2 aromatic carbocycles. The molecule has 1 fully saturated rings. The van der Waals surface area contributed by atoms with Gasteiger partial charge in [-0.1, -0.05) is 30.3 Å². The molecule has 2 aromatic rings. The van der Waals surface area contributed by atoms with E-state index in [4.69, 9.17) is 0 Å². The van der Waals surface area contributed by atoms with Gasteiger partial charge < -0.3 is 15.1 Å². The number of benzene rings is 2. The van der Waals surface area contributed by atoms with E-state index >= 15 is 0 Å². The second kappa shape index (κ2) is 9.83. The van der Waals surface area contributed by atoms with Crippen LogP contribution in [0.25, 0.3) is 0 Å². The molecule has 1 aliphatic heterocycles. The highest BCUT2D eigenvalue weighted by Gasteiger charge is 2.28. The molecule has 1 atom stereocenters. The summed E-state index contributed by atoms with van der Waals surface area (Å²) in [6, 6.07) is 15.8. The maximum absolute atomic E-state index is 13.1. The topological polar surface area (TPSA) is 52.7 Å². The first-order chi connectivity index (χ1) is 14.0. The van der Waals surface area contributed by atoms with Crippen molar-refractivity contribution in [2.75, 3.05) is 36.8 Å². The Morgan fingerprint density at radius 3 is 2.34 bits per heavy atom. The average molecular weight is 412 g/mol. The molecule has 3 rings (SSSR count). The van der Waals surface area contributed by atoms with Gasteiger partial charge in [0.05, 0.1) is 0 Å². The summed E-state index contributed by atoms with van der Waals surface area (Å²) in [5.74, 6) is 0.356. The SMILES string of the molecule is CC(=O)NC(CSc1ccccc1)C(=O)N1CCN(c2cccc(C)c2C)CC1. The Hall–Kier alpha value is -2.47. The quantitative estimate of drug-likeness (QED) is 0.742. The van der Waals surface area contributed by atoms with E-state index in [1.165, 1.54) is 23.7 Å². The standard InChI is InChI=1S/C23H29N3O2S/c1-17-8-7-11-22(18(17)2)25-12-14-26(15-13-25)23(28)21(24-19(3)27)16-29-20-9-5-4-6-10-20/h4-11,21H,12-16H2,1-3H3,(H,24,27). The summed E-state index contributed by atoms with van der Waals surface area (Å²) in [6.45, 7) is 8.67. The number of anilines is 1. The minimum absolute atomic E-state index is 0.00393. The largest absolute Gasteiger partial charge is 0.368 e. The van der Waals surface area contributed by atoms with E-state index in [1.54, 1.807) is 11.8 Å². The summed E-state index contributed by atoms with van der Waals surface area (Å²) in [4.78, 5) is 30.1. The molecule has 0 spiro atoms. The molecule has 1 saturated heterocycles. The van der Waals surface area contributed by atoms with Crippen LogP contribution < -0.4 is 10.2 Å². The zero-order valence-electron chi connectivity index (χ0n) is 17.4. The van der Waals surface area contributed by atoms with Gasteiger partial charge in [0, 0.05) is 49.4 Å². The minimum Gasteiger partial charge on any atom is -0.368 e. The fraction of sp³-hybridized carbons (Fsp3) is 0.391. The maximum Gasteiger partial charge on any atom is 0.246 e. The average Bonchev–Trinajstić information content (AvgIpc) is 2.73. The molecule has 1 aliphatic rings. The fourth-order valence-corrected chi connectivity index (χ4v) is 4.52. The maximum atomic E-state index is 13.1. The lowest BCUT2D eigenvalue weighted by atomic mass is 10.1. The Bertz CT molecular complexity index is 848. The number of rotatable bonds is 6. The van der Waals surface area contributed by atoms with E-state index in [1.807, 2.05) is 35.2 Å². The van der Waals surface area contributed by atoms with E-state index in [9.17, 15) is 9.59 Å². The Labute approximate surface area is 177 Å². The molecule has 0 saturated carbocycles. The van der Waals surface area contributed by atoms with Gasteiger partial charge in [0.25, 0.3) is 0 Å². The number of carbonyl (C=O) groups is 2. The zero-order chi connectivity index (χ0) is 20.8. The molecule has 0 aromatic heterocycles. The molecule has 0 radical (unpaired) electrons. The molecule has 2 amide bonds. The number of hydrogen-bond acceptors (Lipinski definition) is 4. The van der Waals surface area contributed by atoms with Crippen molar-refractivity contribution in [1.29, 1.82) is 0 Å². The van der Waals surface area contributed by atoms with Crippen molar-refractivity contribution in [3.63, 3.8) is 0 Å². The monoisotopic (exact) mass is 411 g/mol. The van der Waals surface area contributed by atoms with Crippen molar-refractivity contribution < 1.29 is 9.59 Å². The first kappa shape index (κ1) is 21.2. The van der Waals surface area contributed by atoms with Gasteiger partial charge in [0.1, 0.15) is 6.04 Å². The van der Waals surface area contributed by atoms with Crippen molar-refractivity contribution in [2.24, 2.45) is 0 Å². The van der Waals surface area contributed by atoms with Crippen molar-refractivity contribution in [3.05, 3.63) is 59.7 Å². The first-order valence-electron chi connectivity index (χ1n) is 10.0. The lowest BCUT2D eigenvalue weighted by Crippen LogP contribution is -2.55. The smallest absolute Gasteiger partial charge is 0.246 e. The van der Waals surface area contributed by atoms with Crippen LogP contribution in [-0.4, -0.2) is 54.7 Å². The van der Waals surface area contributed by atoms with Crippen LogP contribution in [0.5, 0.6) is 0 Å². The molecule has 29 heavy (non-hydrogen) atoms. The van der Waals surface area contributed by atoms with E-state index in [0.29, 0.717) is 18.8 Å². The number of carbonyl (C=O) groups excluding carboxylic acids is 2. The molecular formula is C23H29N3O2S. The summed E-state index contributed by atoms with van der Waals surface area (Å²) >= 11 is 1.59. The summed E-state index contributed by atoms with van der Waals surface area (Å²) < 4.78 is 0. The van der Waals surface area contributed by atoms with Crippen LogP contribution >= 0.6 is 11.8 Å². The highest BCUT2D eigenvalue weighted by atomic mass is 32.2. The normalized spacial score (nSPS) is 15.1. The van der Waals surface area contributed by atoms with Gasteiger partial charge in [-0.25, -0.2) is 0 Å². The summed E-state index contributed by atoms with van der Waals surface area (Å²) in [5, 5.41) is 2.84. The molecule has 1 N–H and O–H groups in total. The number of nitrogens with zero attached hydrogens (tertiary/aromatic N) is 2. The van der Waals surface area contributed by atoms with Crippen LogP contribution in [-0.2, 0) is 9.59 Å². The zero-order valence-corrected chi connectivity index (χ0v) is 18.2. The second-order valence-electron chi connectivity index (χ2n) is 7.41. The third-order valence-electron chi connectivity index (χ3n) is 5.34. The Morgan fingerprint density at radius 2 is 1.69 bits per heavy atom. The summed E-state index contributed by atoms with van der Waals surface area (Å²) in [5.41, 5.74) is 3.82. The number of piperazine rings is 1. The van der Waals surface area contributed by atoms with Gasteiger partial charge in [-0.3, -0.25) is 9.59 Å². The Balaban J connectivity index is 1.61. The third kappa shape index (κ3) is 5.54. The molecule has 0 bridgehead atoms. The van der Waals surface area contributed by atoms with Crippen LogP contribution in [0.15, 0.2) is 53.4 Å². The van der Waals surface area contributed by atoms with Crippen LogP contribution in [0.2, 0.25) is 0 Å². The molecule has 5 nitrogen and oxygen atoms in total. The van der Waals surface area contributed by atoms with Crippen molar-refractivity contribution in [3.8, 4) is 0 Å². The number of amides is 2.